The van der Waals surface area contributed by atoms with Gasteiger partial charge in [0, 0.05) is 91.4 Å². The molecular weight excluding hydrogens is 783 g/mol. The van der Waals surface area contributed by atoms with E-state index in [4.69, 9.17) is 9.47 Å². The maximum absolute atomic E-state index is 13.2. The molecule has 1 radical (unpaired) electrons. The number of benzene rings is 3. The number of hydrogen-bond acceptors (Lipinski definition) is 8. The number of phenolic OH excluding ortho intramolecular Hbond substituents is 2. The van der Waals surface area contributed by atoms with Crippen molar-refractivity contribution in [3.63, 3.8) is 0 Å². The SMILES string of the molecule is Cc1cc2c(c(O)c1C)[C@@H]1C3Cc4c(O)c(C)c5c(c4[C@H](CNC(=O)CCc4ccccc4)N3[C@@H](C#N)[C@@H](C2)N1C)OCO5.[Ac]. The minimum absolute atomic E-state index is 0. The zero-order chi connectivity index (χ0) is 30.9. The van der Waals surface area contributed by atoms with Crippen molar-refractivity contribution in [2.24, 2.45) is 0 Å². The van der Waals surface area contributed by atoms with Gasteiger partial charge in [0.05, 0.1) is 18.2 Å². The molecule has 1 unspecified atom stereocenters. The van der Waals surface area contributed by atoms with Crippen LogP contribution in [0.3, 0.4) is 0 Å². The number of phenols is 2. The summed E-state index contributed by atoms with van der Waals surface area (Å²) in [5, 5.41) is 37.0. The van der Waals surface area contributed by atoms with Gasteiger partial charge in [-0.2, -0.15) is 5.26 Å². The van der Waals surface area contributed by atoms with Crippen LogP contribution in [0.4, 0.5) is 0 Å². The molecule has 0 spiro atoms. The maximum atomic E-state index is 13.2. The predicted molar refractivity (Wildman–Crippen MR) is 164 cm³/mol. The Balaban J connectivity index is 0.00000357. The van der Waals surface area contributed by atoms with Gasteiger partial charge in [-0.05, 0) is 69.3 Å². The van der Waals surface area contributed by atoms with E-state index in [0.717, 1.165) is 38.9 Å². The molecule has 3 N–H and O–H groups in total. The number of piperazine rings is 1. The first-order chi connectivity index (χ1) is 21.2. The molecular formula is C35H38AcN4O5. The van der Waals surface area contributed by atoms with E-state index in [1.165, 1.54) is 0 Å². The van der Waals surface area contributed by atoms with E-state index in [0.29, 0.717) is 48.5 Å². The van der Waals surface area contributed by atoms with Crippen molar-refractivity contribution in [2.45, 2.75) is 76.7 Å². The second-order valence-electron chi connectivity index (χ2n) is 12.7. The fraction of sp³-hybridized carbons (Fsp3) is 0.429. The maximum Gasteiger partial charge on any atom is 0.231 e. The molecule has 7 rings (SSSR count). The van der Waals surface area contributed by atoms with Crippen LogP contribution in [0.5, 0.6) is 23.0 Å². The van der Waals surface area contributed by atoms with Crippen LogP contribution in [0.2, 0.25) is 0 Å². The zero-order valence-electron chi connectivity index (χ0n) is 26.1. The number of nitrogens with zero attached hydrogens (tertiary/aromatic N) is 3. The minimum Gasteiger partial charge on any atom is -0.507 e. The van der Waals surface area contributed by atoms with Crippen molar-refractivity contribution in [2.75, 3.05) is 20.4 Å². The van der Waals surface area contributed by atoms with Gasteiger partial charge >= 0.3 is 0 Å². The van der Waals surface area contributed by atoms with Crippen LogP contribution in [0.15, 0.2) is 36.4 Å². The number of carbonyl (C=O) groups is 1. The Labute approximate surface area is 299 Å². The van der Waals surface area contributed by atoms with Gasteiger partial charge in [-0.3, -0.25) is 14.6 Å². The Hall–Kier alpha value is -2.82. The predicted octanol–water partition coefficient (Wildman–Crippen LogP) is 4.27. The van der Waals surface area contributed by atoms with Gasteiger partial charge in [0.15, 0.2) is 11.5 Å². The first kappa shape index (κ1) is 32.1. The van der Waals surface area contributed by atoms with Crippen LogP contribution < -0.4 is 14.8 Å². The number of likely N-dealkylation sites (N-methyl/N-ethyl adjacent to an activating group) is 1. The molecule has 4 aliphatic heterocycles. The van der Waals surface area contributed by atoms with Crippen molar-refractivity contribution in [3.05, 3.63) is 80.9 Å². The molecule has 3 aromatic rings. The van der Waals surface area contributed by atoms with Crippen LogP contribution >= 0.6 is 0 Å². The Morgan fingerprint density at radius 1 is 1.02 bits per heavy atom. The smallest absolute Gasteiger partial charge is 0.231 e. The molecule has 5 atom stereocenters. The number of fused-ring (bicyclic) bond motifs is 9. The summed E-state index contributed by atoms with van der Waals surface area (Å²) in [4.78, 5) is 17.7. The molecule has 9 nitrogen and oxygen atoms in total. The summed E-state index contributed by atoms with van der Waals surface area (Å²) in [6.07, 6.45) is 2.03. The summed E-state index contributed by atoms with van der Waals surface area (Å²) in [5.74, 6) is 1.46. The van der Waals surface area contributed by atoms with E-state index in [9.17, 15) is 20.3 Å². The van der Waals surface area contributed by atoms with Gasteiger partial charge in [0.1, 0.15) is 17.5 Å². The van der Waals surface area contributed by atoms with Crippen LogP contribution in [0, 0.1) is 76.2 Å². The molecule has 4 heterocycles. The van der Waals surface area contributed by atoms with Gasteiger partial charge in [0.2, 0.25) is 12.7 Å². The van der Waals surface area contributed by atoms with Crippen molar-refractivity contribution in [1.82, 2.24) is 15.1 Å². The van der Waals surface area contributed by atoms with Gasteiger partial charge in [-0.25, -0.2) is 0 Å². The van der Waals surface area contributed by atoms with Crippen LogP contribution in [0.25, 0.3) is 0 Å². The quantitative estimate of drug-likeness (QED) is 0.350. The van der Waals surface area contributed by atoms with Crippen molar-refractivity contribution in [1.29, 1.82) is 5.26 Å². The van der Waals surface area contributed by atoms with Crippen LogP contribution in [0.1, 0.15) is 63.0 Å². The largest absolute Gasteiger partial charge is 0.507 e. The van der Waals surface area contributed by atoms with Crippen molar-refractivity contribution in [3.8, 4) is 29.1 Å². The normalized spacial score (nSPS) is 24.5. The average Bonchev–Trinajstić information content (AvgIpc) is 3.51. The third kappa shape index (κ3) is 5.11. The number of carbonyl (C=O) groups excluding carboxylic acids is 1. The second kappa shape index (κ2) is 12.4. The zero-order valence-corrected chi connectivity index (χ0v) is 30.9. The van der Waals surface area contributed by atoms with E-state index in [-0.39, 0.29) is 87.2 Å². The molecule has 2 bridgehead atoms. The number of amides is 1. The fourth-order valence-electron chi connectivity index (χ4n) is 8.11. The Morgan fingerprint density at radius 2 is 1.76 bits per heavy atom. The van der Waals surface area contributed by atoms with E-state index in [1.807, 2.05) is 58.2 Å². The molecule has 0 aliphatic carbocycles. The van der Waals surface area contributed by atoms with Gasteiger partial charge in [-0.15, -0.1) is 0 Å². The number of hydrogen-bond donors (Lipinski definition) is 3. The summed E-state index contributed by atoms with van der Waals surface area (Å²) in [6.45, 7) is 6.05. The minimum atomic E-state index is -0.501. The number of aryl methyl sites for hydroxylation is 2. The molecule has 45 heavy (non-hydrogen) atoms. The number of nitriles is 1. The fourth-order valence-corrected chi connectivity index (χ4v) is 8.11. The standard InChI is InChI=1S/C35H38N4O5.Ac/c1-18-12-22-13-24-26(15-36)39-25(31(38(24)4)29(22)33(42)19(18)2)14-23-30(35-34(43-17-44-35)20(3)32(23)41)27(39)16-37-28(40)11-10-21-8-6-5-7-9-21;/h5-9,12,24-27,31,41-42H,10-11,13-14,16-17H2,1-4H3,(H,37,40);/t24-,25?,26+,27+,31+;/m1./s1. The molecule has 1 fully saturated rings. The van der Waals surface area contributed by atoms with Crippen LogP contribution in [-0.4, -0.2) is 64.4 Å². The summed E-state index contributed by atoms with van der Waals surface area (Å²) >= 11 is 0. The summed E-state index contributed by atoms with van der Waals surface area (Å²) < 4.78 is 11.8. The number of ether oxygens (including phenoxy) is 2. The van der Waals surface area contributed by atoms with Crippen LogP contribution in [-0.2, 0) is 24.1 Å². The van der Waals surface area contributed by atoms with Gasteiger partial charge in [-0.1, -0.05) is 36.4 Å². The Bertz CT molecular complexity index is 1710. The first-order valence-corrected chi connectivity index (χ1v) is 15.4. The second-order valence-corrected chi connectivity index (χ2v) is 12.7. The van der Waals surface area contributed by atoms with Crippen molar-refractivity contribution < 1.29 is 68.5 Å². The number of aromatic hydroxyl groups is 2. The molecule has 3 aromatic carbocycles. The molecule has 4 aliphatic rings. The summed E-state index contributed by atoms with van der Waals surface area (Å²) in [6, 6.07) is 13.1. The monoisotopic (exact) mass is 821 g/mol. The molecule has 1 amide bonds. The Morgan fingerprint density at radius 3 is 2.49 bits per heavy atom. The topological polar surface area (TPSA) is 118 Å². The number of rotatable bonds is 5. The molecule has 1 saturated heterocycles. The molecule has 0 aromatic heterocycles. The van der Waals surface area contributed by atoms with Crippen molar-refractivity contribution >= 4 is 5.91 Å². The van der Waals surface area contributed by atoms with E-state index in [1.54, 1.807) is 0 Å². The molecule has 231 valence electrons. The van der Waals surface area contributed by atoms with E-state index >= 15 is 0 Å². The van der Waals surface area contributed by atoms with E-state index in [2.05, 4.69) is 27.3 Å². The third-order valence-corrected chi connectivity index (χ3v) is 10.4. The average molecular weight is 822 g/mol. The summed E-state index contributed by atoms with van der Waals surface area (Å²) in [5.41, 5.74) is 7.07. The number of nitrogens with one attached hydrogen (secondary N) is 1. The Kier molecular flexibility index (Phi) is 8.87. The molecule has 10 heteroatoms. The van der Waals surface area contributed by atoms with Gasteiger partial charge < -0.3 is 25.0 Å². The van der Waals surface area contributed by atoms with E-state index < -0.39 is 12.1 Å². The summed E-state index contributed by atoms with van der Waals surface area (Å²) in [7, 11) is 2.04. The third-order valence-electron chi connectivity index (χ3n) is 10.4. The first-order valence-electron chi connectivity index (χ1n) is 15.4. The molecule has 0 saturated carbocycles. The van der Waals surface area contributed by atoms with Gasteiger partial charge in [0.25, 0.3) is 0 Å².